The van der Waals surface area contributed by atoms with Crippen LogP contribution in [0.2, 0.25) is 0 Å². The van der Waals surface area contributed by atoms with E-state index in [0.29, 0.717) is 0 Å². The summed E-state index contributed by atoms with van der Waals surface area (Å²) in [5, 5.41) is 3.89. The predicted molar refractivity (Wildman–Crippen MR) is 59.6 cm³/mol. The first-order chi connectivity index (χ1) is 7.81. The molecule has 0 amide bonds. The van der Waals surface area contributed by atoms with Gasteiger partial charge in [0.2, 0.25) is 0 Å². The molecule has 4 heteroatoms. The average Bonchev–Trinajstić information content (AvgIpc) is 3.00. The molecule has 0 aliphatic heterocycles. The fourth-order valence-electron chi connectivity index (χ4n) is 1.84. The third-order valence-corrected chi connectivity index (χ3v) is 2.97. The van der Waals surface area contributed by atoms with Crippen LogP contribution in [0, 0.1) is 12.8 Å². The first kappa shape index (κ1) is 12.3. The molecule has 1 fully saturated rings. The van der Waals surface area contributed by atoms with Crippen LogP contribution >= 0.6 is 0 Å². The van der Waals surface area contributed by atoms with E-state index in [1.165, 1.54) is 12.8 Å². The van der Waals surface area contributed by atoms with Crippen LogP contribution in [0.25, 0.3) is 11.3 Å². The molecule has 3 rings (SSSR count). The van der Waals surface area contributed by atoms with Crippen LogP contribution in [0.5, 0.6) is 0 Å². The number of rotatable bonds is 3. The van der Waals surface area contributed by atoms with E-state index in [1.54, 1.807) is 0 Å². The lowest BCUT2D eigenvalue weighted by atomic mass is 10.2. The van der Waals surface area contributed by atoms with Crippen LogP contribution in [0.4, 0.5) is 0 Å². The van der Waals surface area contributed by atoms with Crippen molar-refractivity contribution >= 4 is 0 Å². The Morgan fingerprint density at radius 1 is 1.35 bits per heavy atom. The van der Waals surface area contributed by atoms with Gasteiger partial charge in [-0.25, -0.2) is 4.57 Å². The molecular weight excluding hydrogens is 280 g/mol. The maximum atomic E-state index is 5.22. The van der Waals surface area contributed by atoms with E-state index in [9.17, 15) is 0 Å². The Kier molecular flexibility index (Phi) is 3.62. The third-order valence-electron chi connectivity index (χ3n) is 2.97. The maximum Gasteiger partial charge on any atom is 0.169 e. The zero-order chi connectivity index (χ0) is 11.0. The first-order valence-corrected chi connectivity index (χ1v) is 5.74. The number of hydrogen-bond donors (Lipinski definition) is 0. The number of nitrogens with zero attached hydrogens (tertiary/aromatic N) is 2. The van der Waals surface area contributed by atoms with Gasteiger partial charge in [-0.2, -0.15) is 0 Å². The van der Waals surface area contributed by atoms with Crippen molar-refractivity contribution in [1.29, 1.82) is 0 Å². The lowest BCUT2D eigenvalue weighted by Gasteiger charge is -1.96. The fraction of sp³-hybridized carbons (Fsp3) is 0.385. The van der Waals surface area contributed by atoms with Crippen LogP contribution < -0.4 is 21.5 Å². The Morgan fingerprint density at radius 2 is 2.06 bits per heavy atom. The number of halogens is 1. The molecule has 0 aromatic carbocycles. The Labute approximate surface area is 111 Å². The normalized spacial score (nSPS) is 14.4. The minimum absolute atomic E-state index is 0. The number of aromatic nitrogens is 2. The fourth-order valence-corrected chi connectivity index (χ4v) is 1.84. The van der Waals surface area contributed by atoms with Gasteiger partial charge in [-0.05, 0) is 19.8 Å². The Hall–Kier alpha value is -1.16. The summed E-state index contributed by atoms with van der Waals surface area (Å²) in [5.41, 5.74) is 2.01. The summed E-state index contributed by atoms with van der Waals surface area (Å²) in [5.74, 6) is 1.75. The van der Waals surface area contributed by atoms with Crippen molar-refractivity contribution in [3.05, 3.63) is 36.3 Å². The molecule has 0 unspecified atom stereocenters. The summed E-state index contributed by atoms with van der Waals surface area (Å²) in [7, 11) is 0. The van der Waals surface area contributed by atoms with Crippen molar-refractivity contribution in [2.75, 3.05) is 0 Å². The van der Waals surface area contributed by atoms with Gasteiger partial charge in [-0.15, -0.1) is 0 Å². The molecule has 1 saturated carbocycles. The van der Waals surface area contributed by atoms with Gasteiger partial charge in [0.1, 0.15) is 0 Å². The van der Waals surface area contributed by atoms with E-state index in [0.717, 1.165) is 29.5 Å². The van der Waals surface area contributed by atoms with Crippen LogP contribution in [0.15, 0.2) is 35.1 Å². The zero-order valence-electron chi connectivity index (χ0n) is 9.77. The Balaban J connectivity index is 0.00000108. The highest BCUT2D eigenvalue weighted by molar-refractivity contribution is 5.55. The van der Waals surface area contributed by atoms with Gasteiger partial charge in [0.05, 0.1) is 5.69 Å². The second-order valence-electron chi connectivity index (χ2n) is 4.56. The highest BCUT2D eigenvalue weighted by atomic mass is 79.9. The molecule has 2 aromatic heterocycles. The molecule has 1 aliphatic rings. The largest absolute Gasteiger partial charge is 1.00 e. The quantitative estimate of drug-likeness (QED) is 0.705. The summed E-state index contributed by atoms with van der Waals surface area (Å²) >= 11 is 0. The summed E-state index contributed by atoms with van der Waals surface area (Å²) in [6, 6.07) is 6.13. The molecule has 17 heavy (non-hydrogen) atoms. The second-order valence-corrected chi connectivity index (χ2v) is 4.56. The standard InChI is InChI=1S/C13H15N2O.BrH/c1-10-8-13(16-14-10)12-4-6-15(7-5-12)9-11-2-3-11;/h4-8,11H,2-3,9H2,1H3;1H/q+1;/p-1. The minimum Gasteiger partial charge on any atom is -1.00 e. The molecule has 0 bridgehead atoms. The molecule has 3 nitrogen and oxygen atoms in total. The van der Waals surface area contributed by atoms with E-state index in [1.807, 2.05) is 13.0 Å². The molecule has 0 N–H and O–H groups in total. The van der Waals surface area contributed by atoms with Crippen LogP contribution in [0.3, 0.4) is 0 Å². The van der Waals surface area contributed by atoms with Crippen molar-refractivity contribution < 1.29 is 26.1 Å². The van der Waals surface area contributed by atoms with E-state index < -0.39 is 0 Å². The minimum atomic E-state index is 0. The first-order valence-electron chi connectivity index (χ1n) is 5.74. The Morgan fingerprint density at radius 3 is 2.59 bits per heavy atom. The number of pyridine rings is 1. The lowest BCUT2D eigenvalue weighted by Crippen LogP contribution is -3.00. The summed E-state index contributed by atoms with van der Waals surface area (Å²) in [6.07, 6.45) is 7.00. The van der Waals surface area contributed by atoms with E-state index in [4.69, 9.17) is 4.52 Å². The van der Waals surface area contributed by atoms with Crippen LogP contribution in [0.1, 0.15) is 18.5 Å². The highest BCUT2D eigenvalue weighted by Gasteiger charge is 2.25. The van der Waals surface area contributed by atoms with E-state index >= 15 is 0 Å². The smallest absolute Gasteiger partial charge is 0.169 e. The maximum absolute atomic E-state index is 5.22. The number of hydrogen-bond acceptors (Lipinski definition) is 2. The molecular formula is C13H15BrN2O. The zero-order valence-corrected chi connectivity index (χ0v) is 11.4. The van der Waals surface area contributed by atoms with Crippen LogP contribution in [-0.4, -0.2) is 5.16 Å². The molecule has 0 saturated heterocycles. The summed E-state index contributed by atoms with van der Waals surface area (Å²) < 4.78 is 7.46. The van der Waals surface area contributed by atoms with Gasteiger partial charge in [0.25, 0.3) is 0 Å². The second kappa shape index (κ2) is 5.00. The molecule has 1 aliphatic carbocycles. The van der Waals surface area contributed by atoms with E-state index in [-0.39, 0.29) is 17.0 Å². The third kappa shape index (κ3) is 2.94. The van der Waals surface area contributed by atoms with Crippen molar-refractivity contribution in [3.63, 3.8) is 0 Å². The molecule has 0 spiro atoms. The van der Waals surface area contributed by atoms with Crippen molar-refractivity contribution in [3.8, 4) is 11.3 Å². The molecule has 2 heterocycles. The van der Waals surface area contributed by atoms with Gasteiger partial charge in [0.15, 0.2) is 24.7 Å². The SMILES string of the molecule is Cc1cc(-c2cc[n+](CC3CC3)cc2)on1.[Br-]. The lowest BCUT2D eigenvalue weighted by molar-refractivity contribution is -0.700. The molecule has 0 atom stereocenters. The average molecular weight is 295 g/mol. The van der Waals surface area contributed by atoms with Crippen molar-refractivity contribution in [1.82, 2.24) is 5.16 Å². The summed E-state index contributed by atoms with van der Waals surface area (Å²) in [6.45, 7) is 3.08. The van der Waals surface area contributed by atoms with Gasteiger partial charge >= 0.3 is 0 Å². The van der Waals surface area contributed by atoms with Gasteiger partial charge in [-0.1, -0.05) is 5.16 Å². The monoisotopic (exact) mass is 294 g/mol. The highest BCUT2D eigenvalue weighted by Crippen LogP contribution is 2.28. The van der Waals surface area contributed by atoms with Gasteiger partial charge in [0, 0.05) is 29.7 Å². The van der Waals surface area contributed by atoms with Gasteiger partial charge in [-0.3, -0.25) is 0 Å². The Bertz CT molecular complexity index is 488. The number of aryl methyl sites for hydroxylation is 1. The predicted octanol–water partition coefficient (Wildman–Crippen LogP) is -0.648. The van der Waals surface area contributed by atoms with E-state index in [2.05, 4.69) is 34.3 Å². The topological polar surface area (TPSA) is 29.9 Å². The van der Waals surface area contributed by atoms with Crippen molar-refractivity contribution in [2.45, 2.75) is 26.3 Å². The molecule has 2 aromatic rings. The van der Waals surface area contributed by atoms with Gasteiger partial charge < -0.3 is 21.5 Å². The van der Waals surface area contributed by atoms with Crippen LogP contribution in [-0.2, 0) is 6.54 Å². The molecule has 0 radical (unpaired) electrons. The summed E-state index contributed by atoms with van der Waals surface area (Å²) in [4.78, 5) is 0. The molecule has 90 valence electrons. The van der Waals surface area contributed by atoms with Crippen molar-refractivity contribution in [2.24, 2.45) is 5.92 Å².